The molecule has 1 heterocycles. The topological polar surface area (TPSA) is 91.4 Å². The molecule has 0 saturated carbocycles. The van der Waals surface area contributed by atoms with Crippen molar-refractivity contribution in [1.82, 2.24) is 15.2 Å². The largest absolute Gasteiger partial charge is 0.417 e. The average Bonchev–Trinajstić information content (AvgIpc) is 2.80. The van der Waals surface area contributed by atoms with Crippen LogP contribution in [0.2, 0.25) is 0 Å². The molecule has 0 amide bonds. The molecule has 0 bridgehead atoms. The maximum atomic E-state index is 12.9. The van der Waals surface area contributed by atoms with Crippen LogP contribution in [0.4, 0.5) is 13.2 Å². The third-order valence-corrected chi connectivity index (χ3v) is 3.07. The Kier molecular flexibility index (Phi) is 3.47. The molecule has 0 aliphatic heterocycles. The van der Waals surface area contributed by atoms with Gasteiger partial charge in [0.25, 0.3) is 0 Å². The second-order valence-electron chi connectivity index (χ2n) is 3.51. The fourth-order valence-corrected chi connectivity index (χ4v) is 2.15. The minimum atomic E-state index is -4.57. The zero-order valence-electron chi connectivity index (χ0n) is 9.32. The lowest BCUT2D eigenvalue weighted by molar-refractivity contribution is -0.137. The summed E-state index contributed by atoms with van der Waals surface area (Å²) in [5.74, 6) is -0.622. The molecule has 4 N–H and O–H groups in total. The SMILES string of the molecule is N=C(N)c1ccc(Sc2ncn[nH]2)cc1C(F)(F)F. The van der Waals surface area contributed by atoms with Gasteiger partial charge in [-0.25, -0.2) is 4.98 Å². The lowest BCUT2D eigenvalue weighted by Gasteiger charge is -2.13. The Bertz CT molecular complexity index is 594. The quantitative estimate of drug-likeness (QED) is 0.596. The van der Waals surface area contributed by atoms with E-state index in [-0.39, 0.29) is 5.56 Å². The zero-order chi connectivity index (χ0) is 14.0. The zero-order valence-corrected chi connectivity index (χ0v) is 10.1. The monoisotopic (exact) mass is 287 g/mol. The minimum absolute atomic E-state index is 0.328. The van der Waals surface area contributed by atoms with Crippen molar-refractivity contribution in [3.05, 3.63) is 35.7 Å². The fraction of sp³-hybridized carbons (Fsp3) is 0.100. The number of nitrogens with zero attached hydrogens (tertiary/aromatic N) is 2. The number of amidine groups is 1. The van der Waals surface area contributed by atoms with Crippen molar-refractivity contribution < 1.29 is 13.2 Å². The molecule has 0 radical (unpaired) electrons. The Morgan fingerprint density at radius 3 is 2.63 bits per heavy atom. The fourth-order valence-electron chi connectivity index (χ4n) is 1.41. The number of benzene rings is 1. The van der Waals surface area contributed by atoms with E-state index in [0.29, 0.717) is 10.1 Å². The maximum Gasteiger partial charge on any atom is 0.417 e. The van der Waals surface area contributed by atoms with E-state index in [1.807, 2.05) is 0 Å². The number of rotatable bonds is 3. The lowest BCUT2D eigenvalue weighted by Crippen LogP contribution is -2.18. The van der Waals surface area contributed by atoms with Gasteiger partial charge in [-0.2, -0.15) is 18.3 Å². The molecule has 0 saturated heterocycles. The second-order valence-corrected chi connectivity index (χ2v) is 4.57. The molecule has 19 heavy (non-hydrogen) atoms. The molecule has 1 aromatic carbocycles. The molecule has 0 aliphatic carbocycles. The summed E-state index contributed by atoms with van der Waals surface area (Å²) < 4.78 is 38.6. The van der Waals surface area contributed by atoms with Crippen molar-refractivity contribution in [2.75, 3.05) is 0 Å². The summed E-state index contributed by atoms with van der Waals surface area (Å²) in [4.78, 5) is 4.14. The second kappa shape index (κ2) is 4.92. The van der Waals surface area contributed by atoms with E-state index in [1.54, 1.807) is 0 Å². The Labute approximate surface area is 109 Å². The molecule has 5 nitrogen and oxygen atoms in total. The van der Waals surface area contributed by atoms with E-state index in [1.165, 1.54) is 18.5 Å². The number of halogens is 3. The smallest absolute Gasteiger partial charge is 0.384 e. The number of nitrogens with one attached hydrogen (secondary N) is 2. The third-order valence-electron chi connectivity index (χ3n) is 2.19. The molecule has 0 fully saturated rings. The summed E-state index contributed by atoms with van der Waals surface area (Å²) in [7, 11) is 0. The summed E-state index contributed by atoms with van der Waals surface area (Å²) >= 11 is 1.00. The summed E-state index contributed by atoms with van der Waals surface area (Å²) in [5.41, 5.74) is 3.87. The molecular formula is C10H8F3N5S. The van der Waals surface area contributed by atoms with Gasteiger partial charge in [-0.05, 0) is 18.2 Å². The summed E-state index contributed by atoms with van der Waals surface area (Å²) in [6, 6.07) is 3.55. The van der Waals surface area contributed by atoms with Crippen LogP contribution in [0.1, 0.15) is 11.1 Å². The molecule has 0 aliphatic rings. The molecule has 0 atom stereocenters. The van der Waals surface area contributed by atoms with Gasteiger partial charge in [0.1, 0.15) is 12.2 Å². The van der Waals surface area contributed by atoms with Gasteiger partial charge in [-0.3, -0.25) is 10.5 Å². The van der Waals surface area contributed by atoms with E-state index in [9.17, 15) is 13.2 Å². The number of nitrogens with two attached hydrogens (primary N) is 1. The maximum absolute atomic E-state index is 12.9. The first kappa shape index (κ1) is 13.4. The van der Waals surface area contributed by atoms with Gasteiger partial charge in [-0.1, -0.05) is 11.8 Å². The van der Waals surface area contributed by atoms with Gasteiger partial charge < -0.3 is 5.73 Å². The molecule has 9 heteroatoms. The first-order valence-electron chi connectivity index (χ1n) is 4.97. The number of alkyl halides is 3. The summed E-state index contributed by atoms with van der Waals surface area (Å²) in [6.07, 6.45) is -3.31. The lowest BCUT2D eigenvalue weighted by atomic mass is 10.1. The number of aromatic nitrogens is 3. The van der Waals surface area contributed by atoms with Crippen molar-refractivity contribution in [3.63, 3.8) is 0 Å². The Morgan fingerprint density at radius 1 is 1.37 bits per heavy atom. The number of hydrogen-bond donors (Lipinski definition) is 3. The molecule has 2 aromatic rings. The van der Waals surface area contributed by atoms with Gasteiger partial charge in [-0.15, -0.1) is 0 Å². The Hall–Kier alpha value is -2.03. The van der Waals surface area contributed by atoms with Crippen LogP contribution in [-0.2, 0) is 6.18 Å². The number of aromatic amines is 1. The van der Waals surface area contributed by atoms with Crippen molar-refractivity contribution in [2.24, 2.45) is 5.73 Å². The molecule has 100 valence electrons. The van der Waals surface area contributed by atoms with E-state index >= 15 is 0 Å². The predicted octanol–water partition coefficient (Wildman–Crippen LogP) is 2.26. The van der Waals surface area contributed by atoms with Crippen LogP contribution in [0.15, 0.2) is 34.6 Å². The number of hydrogen-bond acceptors (Lipinski definition) is 4. The highest BCUT2D eigenvalue weighted by Crippen LogP contribution is 2.35. The van der Waals surface area contributed by atoms with E-state index in [4.69, 9.17) is 11.1 Å². The number of nitrogen functional groups attached to an aromatic ring is 1. The first-order chi connectivity index (χ1) is 8.88. The van der Waals surface area contributed by atoms with Crippen LogP contribution >= 0.6 is 11.8 Å². The van der Waals surface area contributed by atoms with Crippen LogP contribution in [0, 0.1) is 5.41 Å². The molecular weight excluding hydrogens is 279 g/mol. The van der Waals surface area contributed by atoms with Crippen LogP contribution in [0.5, 0.6) is 0 Å². The molecule has 2 rings (SSSR count). The van der Waals surface area contributed by atoms with Crippen LogP contribution in [-0.4, -0.2) is 21.0 Å². The normalized spacial score (nSPS) is 11.5. The van der Waals surface area contributed by atoms with Gasteiger partial charge >= 0.3 is 6.18 Å². The highest BCUT2D eigenvalue weighted by atomic mass is 32.2. The molecule has 0 unspecified atom stereocenters. The average molecular weight is 287 g/mol. The van der Waals surface area contributed by atoms with Crippen LogP contribution in [0.25, 0.3) is 0 Å². The molecule has 1 aromatic heterocycles. The molecule has 0 spiro atoms. The van der Waals surface area contributed by atoms with Crippen LogP contribution < -0.4 is 5.73 Å². The summed E-state index contributed by atoms with van der Waals surface area (Å²) in [6.45, 7) is 0. The van der Waals surface area contributed by atoms with Crippen molar-refractivity contribution in [1.29, 1.82) is 5.41 Å². The predicted molar refractivity (Wildman–Crippen MR) is 63.0 cm³/mol. The first-order valence-corrected chi connectivity index (χ1v) is 5.78. The highest BCUT2D eigenvalue weighted by molar-refractivity contribution is 7.99. The van der Waals surface area contributed by atoms with Gasteiger partial charge in [0.05, 0.1) is 5.56 Å². The van der Waals surface area contributed by atoms with Gasteiger partial charge in [0, 0.05) is 10.5 Å². The van der Waals surface area contributed by atoms with Crippen molar-refractivity contribution >= 4 is 17.6 Å². The van der Waals surface area contributed by atoms with Gasteiger partial charge in [0.15, 0.2) is 5.16 Å². The minimum Gasteiger partial charge on any atom is -0.384 e. The Morgan fingerprint density at radius 2 is 2.11 bits per heavy atom. The van der Waals surface area contributed by atoms with Crippen LogP contribution in [0.3, 0.4) is 0 Å². The van der Waals surface area contributed by atoms with E-state index in [2.05, 4.69) is 15.2 Å². The number of H-pyrrole nitrogens is 1. The highest BCUT2D eigenvalue weighted by Gasteiger charge is 2.34. The standard InChI is InChI=1S/C10H8F3N5S/c11-10(12,13)7-3-5(1-2-6(7)8(14)15)19-9-16-4-17-18-9/h1-4H,(H3,14,15)(H,16,17,18). The van der Waals surface area contributed by atoms with Gasteiger partial charge in [0.2, 0.25) is 0 Å². The third kappa shape index (κ3) is 3.05. The summed E-state index contributed by atoms with van der Waals surface area (Å²) in [5, 5.41) is 13.7. The van der Waals surface area contributed by atoms with Crippen molar-refractivity contribution in [3.8, 4) is 0 Å². The van der Waals surface area contributed by atoms with E-state index < -0.39 is 17.6 Å². The van der Waals surface area contributed by atoms with E-state index in [0.717, 1.165) is 17.8 Å². The van der Waals surface area contributed by atoms with Crippen molar-refractivity contribution in [2.45, 2.75) is 16.2 Å². The Balaban J connectivity index is 2.41.